The Labute approximate surface area is 125 Å². The minimum absolute atomic E-state index is 0.0341. The third kappa shape index (κ3) is 2.50. The fourth-order valence-electron chi connectivity index (χ4n) is 3.27. The first-order chi connectivity index (χ1) is 10.3. The summed E-state index contributed by atoms with van der Waals surface area (Å²) in [6, 6.07) is 12.7. The van der Waals surface area contributed by atoms with Crippen molar-refractivity contribution < 1.29 is 23.1 Å². The Bertz CT molecular complexity index is 718. The number of benzene rings is 2. The van der Waals surface area contributed by atoms with E-state index in [1.807, 2.05) is 30.3 Å². The molecule has 2 atom stereocenters. The topological polar surface area (TPSA) is 37.3 Å². The molecule has 2 nitrogen and oxygen atoms in total. The number of carbonyl (C=O) groups excluding carboxylic acids is 1. The Morgan fingerprint density at radius 1 is 1.09 bits per heavy atom. The van der Waals surface area contributed by atoms with Crippen LogP contribution in [0.1, 0.15) is 30.7 Å². The van der Waals surface area contributed by atoms with Crippen molar-refractivity contribution in [2.75, 3.05) is 0 Å². The molecule has 116 valence electrons. The van der Waals surface area contributed by atoms with Gasteiger partial charge >= 0.3 is 6.18 Å². The van der Waals surface area contributed by atoms with Gasteiger partial charge in [0.1, 0.15) is 5.78 Å². The fourth-order valence-corrected chi connectivity index (χ4v) is 3.27. The largest absolute Gasteiger partial charge is 0.417 e. The van der Waals surface area contributed by atoms with Crippen LogP contribution in [0.4, 0.5) is 13.2 Å². The zero-order valence-electron chi connectivity index (χ0n) is 11.7. The van der Waals surface area contributed by atoms with Gasteiger partial charge in [0.05, 0.1) is 0 Å². The molecule has 1 saturated carbocycles. The highest BCUT2D eigenvalue weighted by molar-refractivity contribution is 5.88. The second-order valence-electron chi connectivity index (χ2n) is 5.92. The molecule has 0 amide bonds. The van der Waals surface area contributed by atoms with E-state index in [0.29, 0.717) is 5.56 Å². The van der Waals surface area contributed by atoms with Crippen LogP contribution in [0, 0.1) is 0 Å². The summed E-state index contributed by atoms with van der Waals surface area (Å²) in [5.74, 6) is -1.18. The molecule has 2 aromatic carbocycles. The molecule has 5 heteroatoms. The molecule has 0 heterocycles. The quantitative estimate of drug-likeness (QED) is 0.865. The molecule has 0 aliphatic heterocycles. The van der Waals surface area contributed by atoms with Crippen molar-refractivity contribution >= 4 is 16.6 Å². The highest BCUT2D eigenvalue weighted by Crippen LogP contribution is 2.46. The predicted octanol–water partition coefficient (Wildman–Crippen LogP) is 3.97. The summed E-state index contributed by atoms with van der Waals surface area (Å²) >= 11 is 0. The Hall–Kier alpha value is -1.88. The summed E-state index contributed by atoms with van der Waals surface area (Å²) in [5, 5.41) is 11.7. The number of Topliss-reactive ketones (excluding diaryl/α,β-unsaturated/α-hetero) is 1. The average molecular weight is 308 g/mol. The first-order valence-electron chi connectivity index (χ1n) is 7.09. The molecule has 1 aliphatic carbocycles. The van der Waals surface area contributed by atoms with Crippen molar-refractivity contribution in [3.63, 3.8) is 0 Å². The van der Waals surface area contributed by atoms with Gasteiger partial charge in [-0.1, -0.05) is 42.5 Å². The van der Waals surface area contributed by atoms with Crippen LogP contribution in [0.3, 0.4) is 0 Å². The normalized spacial score (nSPS) is 26.4. The van der Waals surface area contributed by atoms with Crippen LogP contribution >= 0.6 is 0 Å². The Morgan fingerprint density at radius 2 is 1.77 bits per heavy atom. The highest BCUT2D eigenvalue weighted by Gasteiger charge is 2.57. The minimum atomic E-state index is -4.80. The van der Waals surface area contributed by atoms with Gasteiger partial charge in [-0.3, -0.25) is 4.79 Å². The van der Waals surface area contributed by atoms with E-state index in [2.05, 4.69) is 0 Å². The maximum atomic E-state index is 13.1. The SMILES string of the molecule is O=C1C[C@H](c2cccc3ccccc23)C[C@](O)(C(F)(F)F)C1. The fraction of sp³-hybridized carbons (Fsp3) is 0.353. The Balaban J connectivity index is 2.05. The number of halogens is 3. The van der Waals surface area contributed by atoms with Crippen LogP contribution in [-0.2, 0) is 4.79 Å². The minimum Gasteiger partial charge on any atom is -0.380 e. The molecule has 3 rings (SSSR count). The van der Waals surface area contributed by atoms with Gasteiger partial charge in [-0.25, -0.2) is 0 Å². The molecular formula is C17H15F3O2. The molecule has 0 bridgehead atoms. The van der Waals surface area contributed by atoms with E-state index in [9.17, 15) is 23.1 Å². The second kappa shape index (κ2) is 5.09. The zero-order valence-corrected chi connectivity index (χ0v) is 11.7. The number of rotatable bonds is 1. The lowest BCUT2D eigenvalue weighted by Crippen LogP contribution is -2.50. The van der Waals surface area contributed by atoms with E-state index < -0.39 is 36.3 Å². The van der Waals surface area contributed by atoms with Gasteiger partial charge in [0.2, 0.25) is 0 Å². The van der Waals surface area contributed by atoms with Crippen molar-refractivity contribution in [2.45, 2.75) is 37.0 Å². The number of hydrogen-bond acceptors (Lipinski definition) is 2. The van der Waals surface area contributed by atoms with E-state index in [1.54, 1.807) is 12.1 Å². The number of ketones is 1. The summed E-state index contributed by atoms with van der Waals surface area (Å²) in [5.41, 5.74) is -2.24. The molecule has 1 fully saturated rings. The van der Waals surface area contributed by atoms with Gasteiger partial charge in [0.25, 0.3) is 0 Å². The lowest BCUT2D eigenvalue weighted by Gasteiger charge is -2.37. The van der Waals surface area contributed by atoms with Crippen molar-refractivity contribution in [2.24, 2.45) is 0 Å². The van der Waals surface area contributed by atoms with Crippen molar-refractivity contribution in [3.05, 3.63) is 48.0 Å². The van der Waals surface area contributed by atoms with Gasteiger partial charge in [0, 0.05) is 12.8 Å². The van der Waals surface area contributed by atoms with Gasteiger partial charge in [-0.05, 0) is 28.7 Å². The van der Waals surface area contributed by atoms with Crippen molar-refractivity contribution in [1.82, 2.24) is 0 Å². The zero-order chi connectivity index (χ0) is 16.0. The highest BCUT2D eigenvalue weighted by atomic mass is 19.4. The third-order valence-electron chi connectivity index (χ3n) is 4.34. The maximum Gasteiger partial charge on any atom is 0.417 e. The molecule has 22 heavy (non-hydrogen) atoms. The Morgan fingerprint density at radius 3 is 2.50 bits per heavy atom. The lowest BCUT2D eigenvalue weighted by molar-refractivity contribution is -0.267. The maximum absolute atomic E-state index is 13.1. The van der Waals surface area contributed by atoms with Gasteiger partial charge in [-0.2, -0.15) is 13.2 Å². The van der Waals surface area contributed by atoms with Crippen LogP contribution in [0.2, 0.25) is 0 Å². The Kier molecular flexibility index (Phi) is 3.48. The first kappa shape index (κ1) is 15.0. The second-order valence-corrected chi connectivity index (χ2v) is 5.92. The van der Waals surface area contributed by atoms with Crippen LogP contribution in [0.25, 0.3) is 10.8 Å². The standard InChI is InChI=1S/C17H15F3O2/c18-17(19,20)16(22)9-12(8-13(21)10-16)15-7-3-5-11-4-1-2-6-14(11)15/h1-7,12,22H,8-10H2/t12-,16+/m0/s1. The monoisotopic (exact) mass is 308 g/mol. The summed E-state index contributed by atoms with van der Waals surface area (Å²) < 4.78 is 39.3. The van der Waals surface area contributed by atoms with E-state index in [-0.39, 0.29) is 6.42 Å². The van der Waals surface area contributed by atoms with Crippen molar-refractivity contribution in [1.29, 1.82) is 0 Å². The molecule has 1 aliphatic rings. The molecule has 0 aromatic heterocycles. The lowest BCUT2D eigenvalue weighted by atomic mass is 9.73. The van der Waals surface area contributed by atoms with Crippen LogP contribution in [0.5, 0.6) is 0 Å². The van der Waals surface area contributed by atoms with E-state index >= 15 is 0 Å². The number of hydrogen-bond donors (Lipinski definition) is 1. The predicted molar refractivity (Wildman–Crippen MR) is 76.6 cm³/mol. The number of alkyl halides is 3. The summed E-state index contributed by atoms with van der Waals surface area (Å²) in [7, 11) is 0. The summed E-state index contributed by atoms with van der Waals surface area (Å²) in [6.45, 7) is 0. The molecule has 0 spiro atoms. The average Bonchev–Trinajstić information content (AvgIpc) is 2.44. The van der Waals surface area contributed by atoms with E-state index in [4.69, 9.17) is 0 Å². The number of carbonyl (C=O) groups is 1. The molecule has 0 unspecified atom stereocenters. The van der Waals surface area contributed by atoms with E-state index in [1.165, 1.54) is 0 Å². The molecule has 1 N–H and O–H groups in total. The summed E-state index contributed by atoms with van der Waals surface area (Å²) in [6.07, 6.45) is -6.09. The summed E-state index contributed by atoms with van der Waals surface area (Å²) in [4.78, 5) is 11.8. The van der Waals surface area contributed by atoms with Crippen LogP contribution in [0.15, 0.2) is 42.5 Å². The van der Waals surface area contributed by atoms with Crippen molar-refractivity contribution in [3.8, 4) is 0 Å². The first-order valence-corrected chi connectivity index (χ1v) is 7.09. The molecule has 0 radical (unpaired) electrons. The smallest absolute Gasteiger partial charge is 0.380 e. The van der Waals surface area contributed by atoms with Gasteiger partial charge in [-0.15, -0.1) is 0 Å². The van der Waals surface area contributed by atoms with Crippen LogP contribution in [-0.4, -0.2) is 22.7 Å². The number of aliphatic hydroxyl groups is 1. The molecule has 0 saturated heterocycles. The van der Waals surface area contributed by atoms with Gasteiger partial charge in [0.15, 0.2) is 5.60 Å². The third-order valence-corrected chi connectivity index (χ3v) is 4.34. The molecular weight excluding hydrogens is 293 g/mol. The van der Waals surface area contributed by atoms with Gasteiger partial charge < -0.3 is 5.11 Å². The van der Waals surface area contributed by atoms with Crippen LogP contribution < -0.4 is 0 Å². The number of fused-ring (bicyclic) bond motifs is 1. The van der Waals surface area contributed by atoms with E-state index in [0.717, 1.165) is 10.8 Å². The molecule has 2 aromatic rings.